The third kappa shape index (κ3) is 2.91. The van der Waals surface area contributed by atoms with Crippen LogP contribution in [-0.4, -0.2) is 52.8 Å². The standard InChI is InChI=1S/C13H22N4O/c1-16-10-15-7-12(16)6-14-8-13-9-17(4-5-18-13)11-2-3-11/h7,10-11,13-14H,2-6,8-9H2,1H3/t13-/m1/s1. The van der Waals surface area contributed by atoms with E-state index >= 15 is 0 Å². The van der Waals surface area contributed by atoms with Crippen molar-refractivity contribution in [3.63, 3.8) is 0 Å². The quantitative estimate of drug-likeness (QED) is 0.820. The maximum absolute atomic E-state index is 5.81. The summed E-state index contributed by atoms with van der Waals surface area (Å²) >= 11 is 0. The lowest BCUT2D eigenvalue weighted by Gasteiger charge is -2.33. The second kappa shape index (κ2) is 5.38. The molecule has 0 amide bonds. The first kappa shape index (κ1) is 12.1. The topological polar surface area (TPSA) is 42.3 Å². The van der Waals surface area contributed by atoms with Crippen molar-refractivity contribution >= 4 is 0 Å². The van der Waals surface area contributed by atoms with E-state index in [-0.39, 0.29) is 0 Å². The average molecular weight is 250 g/mol. The van der Waals surface area contributed by atoms with Gasteiger partial charge >= 0.3 is 0 Å². The van der Waals surface area contributed by atoms with Crippen LogP contribution in [0.2, 0.25) is 0 Å². The number of rotatable bonds is 5. The van der Waals surface area contributed by atoms with Crippen LogP contribution in [0.1, 0.15) is 18.5 Å². The molecule has 1 saturated heterocycles. The third-order valence-electron chi connectivity index (χ3n) is 3.83. The van der Waals surface area contributed by atoms with Gasteiger partial charge in [0, 0.05) is 45.5 Å². The van der Waals surface area contributed by atoms with Crippen molar-refractivity contribution in [2.24, 2.45) is 7.05 Å². The van der Waals surface area contributed by atoms with Gasteiger partial charge in [-0.3, -0.25) is 4.90 Å². The summed E-state index contributed by atoms with van der Waals surface area (Å²) < 4.78 is 7.86. The van der Waals surface area contributed by atoms with Crippen LogP contribution < -0.4 is 5.32 Å². The average Bonchev–Trinajstić information content (AvgIpc) is 3.15. The van der Waals surface area contributed by atoms with Gasteiger partial charge in [0.25, 0.3) is 0 Å². The molecule has 0 unspecified atom stereocenters. The minimum atomic E-state index is 0.340. The summed E-state index contributed by atoms with van der Waals surface area (Å²) in [4.78, 5) is 6.70. The van der Waals surface area contributed by atoms with Gasteiger partial charge in [-0.2, -0.15) is 0 Å². The molecule has 2 aliphatic rings. The van der Waals surface area contributed by atoms with Crippen molar-refractivity contribution in [3.05, 3.63) is 18.2 Å². The lowest BCUT2D eigenvalue weighted by molar-refractivity contribution is -0.0302. The third-order valence-corrected chi connectivity index (χ3v) is 3.83. The highest BCUT2D eigenvalue weighted by molar-refractivity contribution is 4.97. The van der Waals surface area contributed by atoms with Crippen molar-refractivity contribution in [2.45, 2.75) is 31.5 Å². The molecule has 1 saturated carbocycles. The lowest BCUT2D eigenvalue weighted by Crippen LogP contribution is -2.47. The highest BCUT2D eigenvalue weighted by Crippen LogP contribution is 2.28. The molecule has 0 bridgehead atoms. The van der Waals surface area contributed by atoms with Crippen LogP contribution in [0.4, 0.5) is 0 Å². The van der Waals surface area contributed by atoms with E-state index in [1.165, 1.54) is 18.5 Å². The Morgan fingerprint density at radius 3 is 3.11 bits per heavy atom. The molecule has 0 spiro atoms. The monoisotopic (exact) mass is 250 g/mol. The van der Waals surface area contributed by atoms with E-state index in [1.807, 2.05) is 24.1 Å². The molecule has 1 aliphatic carbocycles. The van der Waals surface area contributed by atoms with E-state index in [4.69, 9.17) is 4.74 Å². The van der Waals surface area contributed by atoms with E-state index in [1.54, 1.807) is 0 Å². The van der Waals surface area contributed by atoms with Crippen LogP contribution in [0.5, 0.6) is 0 Å². The Hall–Kier alpha value is -0.910. The molecule has 1 aromatic heterocycles. The first-order valence-corrected chi connectivity index (χ1v) is 6.84. The first-order valence-electron chi connectivity index (χ1n) is 6.84. The van der Waals surface area contributed by atoms with E-state index in [0.717, 1.165) is 38.8 Å². The van der Waals surface area contributed by atoms with Gasteiger partial charge in [-0.1, -0.05) is 0 Å². The summed E-state index contributed by atoms with van der Waals surface area (Å²) in [5.41, 5.74) is 1.21. The number of hydrogen-bond acceptors (Lipinski definition) is 4. The molecule has 2 fully saturated rings. The summed E-state index contributed by atoms with van der Waals surface area (Å²) in [6, 6.07) is 0.855. The fourth-order valence-electron chi connectivity index (χ4n) is 2.55. The van der Waals surface area contributed by atoms with Crippen LogP contribution in [0.3, 0.4) is 0 Å². The molecule has 18 heavy (non-hydrogen) atoms. The van der Waals surface area contributed by atoms with E-state index in [9.17, 15) is 0 Å². The van der Waals surface area contributed by atoms with E-state index < -0.39 is 0 Å². The predicted octanol–water partition coefficient (Wildman–Crippen LogP) is 0.373. The maximum Gasteiger partial charge on any atom is 0.0945 e. The van der Waals surface area contributed by atoms with Gasteiger partial charge in [0.05, 0.1) is 24.7 Å². The molecule has 5 heteroatoms. The number of nitrogens with zero attached hydrogens (tertiary/aromatic N) is 3. The Morgan fingerprint density at radius 1 is 1.50 bits per heavy atom. The van der Waals surface area contributed by atoms with E-state index in [2.05, 4.69) is 15.2 Å². The Labute approximate surface area is 108 Å². The van der Waals surface area contributed by atoms with Gasteiger partial charge in [-0.25, -0.2) is 4.98 Å². The summed E-state index contributed by atoms with van der Waals surface area (Å²) in [6.45, 7) is 4.87. The van der Waals surface area contributed by atoms with Gasteiger partial charge in [-0.15, -0.1) is 0 Å². The lowest BCUT2D eigenvalue weighted by atomic mass is 10.2. The van der Waals surface area contributed by atoms with Crippen LogP contribution >= 0.6 is 0 Å². The molecule has 0 aromatic carbocycles. The zero-order chi connectivity index (χ0) is 12.4. The Morgan fingerprint density at radius 2 is 2.39 bits per heavy atom. The minimum absolute atomic E-state index is 0.340. The molecular weight excluding hydrogens is 228 g/mol. The highest BCUT2D eigenvalue weighted by Gasteiger charge is 2.32. The zero-order valence-corrected chi connectivity index (χ0v) is 11.0. The molecule has 0 radical (unpaired) electrons. The summed E-state index contributed by atoms with van der Waals surface area (Å²) in [6.07, 6.45) is 6.85. The van der Waals surface area contributed by atoms with Crippen molar-refractivity contribution in [3.8, 4) is 0 Å². The van der Waals surface area contributed by atoms with Crippen LogP contribution in [0.15, 0.2) is 12.5 Å². The van der Waals surface area contributed by atoms with Crippen LogP contribution in [0, 0.1) is 0 Å². The van der Waals surface area contributed by atoms with Gasteiger partial charge in [0.2, 0.25) is 0 Å². The number of aromatic nitrogens is 2. The van der Waals surface area contributed by atoms with Gasteiger partial charge < -0.3 is 14.6 Å². The fraction of sp³-hybridized carbons (Fsp3) is 0.769. The molecule has 5 nitrogen and oxygen atoms in total. The zero-order valence-electron chi connectivity index (χ0n) is 11.0. The summed E-state index contributed by atoms with van der Waals surface area (Å²) in [5, 5.41) is 3.47. The highest BCUT2D eigenvalue weighted by atomic mass is 16.5. The van der Waals surface area contributed by atoms with Crippen molar-refractivity contribution in [2.75, 3.05) is 26.2 Å². The van der Waals surface area contributed by atoms with Crippen LogP contribution in [-0.2, 0) is 18.3 Å². The smallest absolute Gasteiger partial charge is 0.0945 e. The molecule has 3 rings (SSSR count). The van der Waals surface area contributed by atoms with Crippen molar-refractivity contribution < 1.29 is 4.74 Å². The van der Waals surface area contributed by atoms with Gasteiger partial charge in [-0.05, 0) is 12.8 Å². The number of morpholine rings is 1. The molecule has 100 valence electrons. The SMILES string of the molecule is Cn1cncc1CNC[C@@H]1CN(C2CC2)CCO1. The second-order valence-electron chi connectivity index (χ2n) is 5.35. The molecule has 1 N–H and O–H groups in total. The fourth-order valence-corrected chi connectivity index (χ4v) is 2.55. The molecule has 1 aliphatic heterocycles. The molecule has 2 heterocycles. The normalized spacial score (nSPS) is 25.5. The Bertz CT molecular complexity index is 388. The summed E-state index contributed by atoms with van der Waals surface area (Å²) in [5.74, 6) is 0. The van der Waals surface area contributed by atoms with E-state index in [0.29, 0.717) is 6.10 Å². The molecule has 1 aromatic rings. The first-order chi connectivity index (χ1) is 8.83. The Kier molecular flexibility index (Phi) is 3.63. The number of aryl methyl sites for hydroxylation is 1. The van der Waals surface area contributed by atoms with Crippen molar-refractivity contribution in [1.82, 2.24) is 19.8 Å². The molecular formula is C13H22N4O. The Balaban J connectivity index is 1.41. The number of ether oxygens (including phenoxy) is 1. The minimum Gasteiger partial charge on any atom is -0.374 e. The van der Waals surface area contributed by atoms with Crippen molar-refractivity contribution in [1.29, 1.82) is 0 Å². The number of nitrogens with one attached hydrogen (secondary N) is 1. The largest absolute Gasteiger partial charge is 0.374 e. The van der Waals surface area contributed by atoms with Gasteiger partial charge in [0.15, 0.2) is 0 Å². The van der Waals surface area contributed by atoms with Gasteiger partial charge in [0.1, 0.15) is 0 Å². The predicted molar refractivity (Wildman–Crippen MR) is 69.2 cm³/mol. The molecule has 1 atom stereocenters. The number of imidazole rings is 1. The summed E-state index contributed by atoms with van der Waals surface area (Å²) in [7, 11) is 2.02. The van der Waals surface area contributed by atoms with Crippen LogP contribution in [0.25, 0.3) is 0 Å². The second-order valence-corrected chi connectivity index (χ2v) is 5.35. The maximum atomic E-state index is 5.81. The number of hydrogen-bond donors (Lipinski definition) is 1.